The number of aliphatic hydroxyl groups excluding tert-OH is 1. The number of aryl methyl sites for hydroxylation is 1. The van der Waals surface area contributed by atoms with E-state index in [2.05, 4.69) is 29.9 Å². The van der Waals surface area contributed by atoms with Gasteiger partial charge in [-0.15, -0.1) is 0 Å². The number of hydrogen-bond acceptors (Lipinski definition) is 16. The van der Waals surface area contributed by atoms with Gasteiger partial charge >= 0.3 is 13.4 Å². The number of fused-ring (bicyclic) bond motifs is 4. The topological polar surface area (TPSA) is 229 Å². The zero-order chi connectivity index (χ0) is 31.0. The number of hydrogen-bond donors (Lipinski definition) is 4. The molecule has 0 aliphatic carbocycles. The molecule has 3 aliphatic heterocycles. The van der Waals surface area contributed by atoms with Crippen molar-refractivity contribution in [2.75, 3.05) is 18.9 Å². The summed E-state index contributed by atoms with van der Waals surface area (Å²) in [7, 11) is 0. The molecule has 4 aromatic heterocycles. The second-order valence-electron chi connectivity index (χ2n) is 10.1. The number of nitrogens with zero attached hydrogens (tertiary/aromatic N) is 8. The second kappa shape index (κ2) is 11.2. The molecule has 0 saturated carbocycles. The molecule has 4 aromatic rings. The molecule has 3 fully saturated rings. The lowest BCUT2D eigenvalue weighted by molar-refractivity contribution is -0.0589. The fourth-order valence-electron chi connectivity index (χ4n) is 5.31. The van der Waals surface area contributed by atoms with Gasteiger partial charge < -0.3 is 39.1 Å². The smallest absolute Gasteiger partial charge is 0.325 e. The van der Waals surface area contributed by atoms with E-state index in [1.807, 2.05) is 0 Å². The van der Waals surface area contributed by atoms with Crippen molar-refractivity contribution in [3.05, 3.63) is 31.0 Å². The number of anilines is 1. The maximum atomic E-state index is 16.0. The monoisotopic (exact) mass is 691 g/mol. The molecule has 0 radical (unpaired) electrons. The average Bonchev–Trinajstić information content (AvgIpc) is 3.73. The van der Waals surface area contributed by atoms with Gasteiger partial charge in [0, 0.05) is 0 Å². The largest absolute Gasteiger partial charge is 0.386 e. The van der Waals surface area contributed by atoms with Gasteiger partial charge in [0.25, 0.3) is 0 Å². The lowest BCUT2D eigenvalue weighted by Gasteiger charge is -2.30. The lowest BCUT2D eigenvalue weighted by atomic mass is 10.1. The molecule has 7 heterocycles. The van der Waals surface area contributed by atoms with E-state index >= 15 is 4.39 Å². The third kappa shape index (κ3) is 5.34. The van der Waals surface area contributed by atoms with Crippen LogP contribution in [0.4, 0.5) is 10.2 Å². The van der Waals surface area contributed by atoms with Gasteiger partial charge in [-0.1, -0.05) is 0 Å². The van der Waals surface area contributed by atoms with Crippen molar-refractivity contribution in [2.45, 2.75) is 56.1 Å². The predicted octanol–water partition coefficient (Wildman–Crippen LogP) is 0.301. The van der Waals surface area contributed by atoms with E-state index in [1.165, 1.54) is 34.4 Å². The van der Waals surface area contributed by atoms with Crippen molar-refractivity contribution in [3.63, 3.8) is 0 Å². The molecule has 0 spiro atoms. The van der Waals surface area contributed by atoms with Gasteiger partial charge in [0.15, 0.2) is 35.7 Å². The van der Waals surface area contributed by atoms with Gasteiger partial charge in [0.05, 0.1) is 31.6 Å². The maximum absolute atomic E-state index is 16.0. The number of nitrogen functional groups attached to an aromatic ring is 1. The highest BCUT2D eigenvalue weighted by Gasteiger charge is 2.53. The summed E-state index contributed by atoms with van der Waals surface area (Å²) in [5.74, 6) is 0.0763. The van der Waals surface area contributed by atoms with E-state index in [1.54, 1.807) is 6.92 Å². The number of halogens is 1. The van der Waals surface area contributed by atoms with Gasteiger partial charge in [-0.3, -0.25) is 18.2 Å². The van der Waals surface area contributed by atoms with Crippen molar-refractivity contribution in [3.8, 4) is 0 Å². The summed E-state index contributed by atoms with van der Waals surface area (Å²) in [6, 6.07) is 0. The van der Waals surface area contributed by atoms with Crippen molar-refractivity contribution < 1.29 is 46.9 Å². The molecule has 7 rings (SSSR count). The minimum Gasteiger partial charge on any atom is -0.386 e. The standard InChI is InChI=1S/C21H24FN9O9P2S2/c1-8-12-18(26-4-24-8)31(6-28-12)21-14(32)16-10(38-21)3-36-41(33,43)39-15-9(2-35-42(34,44)40-16)37-20(11(15)22)30-7-29-13-17(23)25-5-27-19(13)30/h4-7,9-11,14-16,20-21,32H,2-3H2,1H3,(H,33,43)(H,34,44)(H2,23,25,27)/t9-,10-,11-,14-,15-,16-,20-,21-,41?,42?/m1/s1. The summed E-state index contributed by atoms with van der Waals surface area (Å²) >= 11 is 10.4. The van der Waals surface area contributed by atoms with E-state index < -0.39 is 75.8 Å². The Morgan fingerprint density at radius 3 is 2.09 bits per heavy atom. The summed E-state index contributed by atoms with van der Waals surface area (Å²) in [4.78, 5) is 46.7. The lowest BCUT2D eigenvalue weighted by Crippen LogP contribution is -2.38. The van der Waals surface area contributed by atoms with E-state index in [0.29, 0.717) is 16.9 Å². The highest BCUT2D eigenvalue weighted by atomic mass is 32.5. The van der Waals surface area contributed by atoms with Crippen LogP contribution in [-0.2, 0) is 51.2 Å². The molecule has 23 heteroatoms. The molecular formula is C21H24FN9O9P2S2. The quantitative estimate of drug-likeness (QED) is 0.207. The van der Waals surface area contributed by atoms with Crippen molar-refractivity contribution in [1.29, 1.82) is 0 Å². The highest BCUT2D eigenvalue weighted by Crippen LogP contribution is 2.54. The number of aliphatic hydroxyl groups is 1. The van der Waals surface area contributed by atoms with Crippen molar-refractivity contribution in [2.24, 2.45) is 0 Å². The summed E-state index contributed by atoms with van der Waals surface area (Å²) in [5, 5.41) is 11.3. The molecule has 18 nitrogen and oxygen atoms in total. The molecule has 236 valence electrons. The Balaban J connectivity index is 1.17. The molecule has 3 aliphatic rings. The summed E-state index contributed by atoms with van der Waals surface area (Å²) in [5.41, 5.74) is 7.70. The normalized spacial score (nSPS) is 38.3. The van der Waals surface area contributed by atoms with Gasteiger partial charge in [0.1, 0.15) is 54.2 Å². The first-order valence-electron chi connectivity index (χ1n) is 12.9. The average molecular weight is 692 g/mol. The minimum absolute atomic E-state index is 0.0763. The summed E-state index contributed by atoms with van der Waals surface area (Å²) < 4.78 is 53.1. The number of imidazole rings is 2. The Kier molecular flexibility index (Phi) is 7.77. The zero-order valence-corrected chi connectivity index (χ0v) is 25.8. The van der Waals surface area contributed by atoms with Crippen LogP contribution in [0.3, 0.4) is 0 Å². The van der Waals surface area contributed by atoms with E-state index in [9.17, 15) is 14.9 Å². The van der Waals surface area contributed by atoms with Crippen LogP contribution in [0.25, 0.3) is 22.3 Å². The molecule has 0 amide bonds. The summed E-state index contributed by atoms with van der Waals surface area (Å²) in [6.45, 7) is -7.62. The second-order valence-corrected chi connectivity index (χ2v) is 15.7. The van der Waals surface area contributed by atoms with Crippen LogP contribution in [0.2, 0.25) is 0 Å². The highest BCUT2D eigenvalue weighted by molar-refractivity contribution is 8.07. The number of nitrogens with two attached hydrogens (primary N) is 1. The van der Waals surface area contributed by atoms with Crippen LogP contribution >= 0.6 is 13.4 Å². The molecule has 10 atom stereocenters. The number of ether oxygens (including phenoxy) is 2. The number of rotatable bonds is 2. The van der Waals surface area contributed by atoms with Gasteiger partial charge in [-0.25, -0.2) is 34.3 Å². The molecule has 3 saturated heterocycles. The zero-order valence-electron chi connectivity index (χ0n) is 22.4. The Bertz CT molecular complexity index is 1710. The summed E-state index contributed by atoms with van der Waals surface area (Å²) in [6.07, 6.45) is -6.03. The Morgan fingerprint density at radius 2 is 1.39 bits per heavy atom. The first kappa shape index (κ1) is 30.4. The van der Waals surface area contributed by atoms with E-state index in [4.69, 9.17) is 56.9 Å². The third-order valence-electron chi connectivity index (χ3n) is 7.37. The van der Waals surface area contributed by atoms with Crippen LogP contribution in [-0.4, -0.2) is 104 Å². The first-order valence-corrected chi connectivity index (χ1v) is 18.1. The first-order chi connectivity index (χ1) is 20.9. The van der Waals surface area contributed by atoms with Gasteiger partial charge in [0.2, 0.25) is 0 Å². The Labute approximate surface area is 256 Å². The minimum atomic E-state index is -4.18. The predicted molar refractivity (Wildman–Crippen MR) is 153 cm³/mol. The van der Waals surface area contributed by atoms with Crippen LogP contribution in [0, 0.1) is 6.92 Å². The van der Waals surface area contributed by atoms with Crippen LogP contribution in [0.5, 0.6) is 0 Å². The fraction of sp³-hybridized carbons (Fsp3) is 0.524. The molecule has 44 heavy (non-hydrogen) atoms. The van der Waals surface area contributed by atoms with Crippen LogP contribution in [0.15, 0.2) is 25.3 Å². The fourth-order valence-corrected chi connectivity index (χ4v) is 8.19. The van der Waals surface area contributed by atoms with Gasteiger partial charge in [-0.05, 0) is 30.5 Å². The van der Waals surface area contributed by atoms with Crippen molar-refractivity contribution >= 4 is 65.2 Å². The maximum Gasteiger partial charge on any atom is 0.325 e. The third-order valence-corrected chi connectivity index (χ3v) is 10.5. The SMILES string of the molecule is Cc1ncnc2c1ncn2[C@@H]1O[C@@H]2COP(O)(=S)O[C@H]3[C@@H](F)[C@H](n4cnc5c(N)ncnc54)O[C@@H]3COP(O)(=S)O[C@H]2[C@H]1O. The van der Waals surface area contributed by atoms with E-state index in [-0.39, 0.29) is 17.0 Å². The van der Waals surface area contributed by atoms with Gasteiger partial charge in [-0.2, -0.15) is 0 Å². The number of aromatic nitrogens is 8. The van der Waals surface area contributed by atoms with Crippen LogP contribution < -0.4 is 5.73 Å². The molecular weight excluding hydrogens is 667 g/mol. The van der Waals surface area contributed by atoms with Crippen molar-refractivity contribution in [1.82, 2.24) is 39.0 Å². The molecule has 0 aromatic carbocycles. The molecule has 2 unspecified atom stereocenters. The Hall–Kier alpha value is -2.23. The van der Waals surface area contributed by atoms with E-state index in [0.717, 1.165) is 0 Å². The molecule has 0 bridgehead atoms. The number of alkyl halides is 1. The molecule has 5 N–H and O–H groups in total. The Morgan fingerprint density at radius 1 is 0.841 bits per heavy atom. The van der Waals surface area contributed by atoms with Crippen LogP contribution in [0.1, 0.15) is 18.1 Å².